The molecule has 4 nitrogen and oxygen atoms in total. The number of nitrogens with one attached hydrogen (secondary N) is 1. The van der Waals surface area contributed by atoms with E-state index in [1.165, 1.54) is 0 Å². The zero-order valence-electron chi connectivity index (χ0n) is 11.8. The van der Waals surface area contributed by atoms with E-state index in [4.69, 9.17) is 9.52 Å². The predicted molar refractivity (Wildman–Crippen MR) is 79.6 cm³/mol. The molecule has 108 valence electrons. The molecule has 2 aromatic rings. The number of carbonyl (C=O) groups excluding carboxylic acids is 1. The van der Waals surface area contributed by atoms with E-state index in [1.54, 1.807) is 24.5 Å². The van der Waals surface area contributed by atoms with Crippen molar-refractivity contribution < 1.29 is 14.3 Å². The van der Waals surface area contributed by atoms with E-state index in [0.717, 1.165) is 11.1 Å². The molecule has 0 saturated carbocycles. The van der Waals surface area contributed by atoms with Crippen LogP contribution in [0.25, 0.3) is 0 Å². The smallest absolute Gasteiger partial charge is 0.251 e. The van der Waals surface area contributed by atoms with Crippen molar-refractivity contribution in [1.82, 2.24) is 5.32 Å². The highest BCUT2D eigenvalue weighted by atomic mass is 16.3. The first-order valence-electron chi connectivity index (χ1n) is 6.71. The highest BCUT2D eigenvalue weighted by molar-refractivity contribution is 5.94. The first kappa shape index (κ1) is 14.9. The number of carbonyl (C=O) groups is 1. The van der Waals surface area contributed by atoms with Crippen LogP contribution in [-0.4, -0.2) is 17.6 Å². The minimum absolute atomic E-state index is 0.0549. The fourth-order valence-corrected chi connectivity index (χ4v) is 1.84. The van der Waals surface area contributed by atoms with Gasteiger partial charge < -0.3 is 14.8 Å². The molecule has 0 atom stereocenters. The van der Waals surface area contributed by atoms with Crippen molar-refractivity contribution in [2.24, 2.45) is 0 Å². The largest absolute Gasteiger partial charge is 0.467 e. The Balaban J connectivity index is 2.02. The van der Waals surface area contributed by atoms with Crippen LogP contribution in [0.1, 0.15) is 33.7 Å². The summed E-state index contributed by atoms with van der Waals surface area (Å²) in [6, 6.07) is 8.96. The Bertz CT molecular complexity index is 663. The zero-order chi connectivity index (χ0) is 15.1. The van der Waals surface area contributed by atoms with Gasteiger partial charge in [-0.25, -0.2) is 0 Å². The second-order valence-corrected chi connectivity index (χ2v) is 4.57. The van der Waals surface area contributed by atoms with Gasteiger partial charge in [-0.05, 0) is 42.8 Å². The van der Waals surface area contributed by atoms with Crippen molar-refractivity contribution in [1.29, 1.82) is 0 Å². The fourth-order valence-electron chi connectivity index (χ4n) is 1.84. The lowest BCUT2D eigenvalue weighted by molar-refractivity contribution is 0.0948. The van der Waals surface area contributed by atoms with Crippen molar-refractivity contribution >= 4 is 5.91 Å². The van der Waals surface area contributed by atoms with Crippen LogP contribution in [-0.2, 0) is 6.54 Å². The van der Waals surface area contributed by atoms with Crippen LogP contribution in [0.2, 0.25) is 0 Å². The molecule has 2 N–H and O–H groups in total. The van der Waals surface area contributed by atoms with Crippen LogP contribution < -0.4 is 5.32 Å². The number of aliphatic hydroxyl groups excluding tert-OH is 1. The molecule has 1 aromatic heterocycles. The lowest BCUT2D eigenvalue weighted by atomic mass is 10.0. The van der Waals surface area contributed by atoms with E-state index < -0.39 is 0 Å². The third-order valence-electron chi connectivity index (χ3n) is 2.95. The molecule has 0 spiro atoms. The molecule has 0 aliphatic heterocycles. The molecule has 4 heteroatoms. The maximum Gasteiger partial charge on any atom is 0.251 e. The lowest BCUT2D eigenvalue weighted by Crippen LogP contribution is -2.22. The summed E-state index contributed by atoms with van der Waals surface area (Å²) in [5.74, 6) is 6.41. The molecular weight excluding hydrogens is 266 g/mol. The second-order valence-electron chi connectivity index (χ2n) is 4.57. The van der Waals surface area contributed by atoms with Gasteiger partial charge in [-0.1, -0.05) is 11.8 Å². The summed E-state index contributed by atoms with van der Waals surface area (Å²) >= 11 is 0. The minimum atomic E-state index is -0.149. The normalized spacial score (nSPS) is 9.81. The predicted octanol–water partition coefficient (Wildman–Crippen LogP) is 2.25. The van der Waals surface area contributed by atoms with Gasteiger partial charge in [0.15, 0.2) is 0 Å². The van der Waals surface area contributed by atoms with E-state index >= 15 is 0 Å². The van der Waals surface area contributed by atoms with Gasteiger partial charge in [0.2, 0.25) is 0 Å². The summed E-state index contributed by atoms with van der Waals surface area (Å²) in [5.41, 5.74) is 2.39. The molecule has 0 aliphatic carbocycles. The molecule has 0 radical (unpaired) electrons. The number of benzene rings is 1. The summed E-state index contributed by atoms with van der Waals surface area (Å²) in [5, 5.41) is 11.5. The van der Waals surface area contributed by atoms with Crippen LogP contribution >= 0.6 is 0 Å². The Morgan fingerprint density at radius 1 is 1.38 bits per heavy atom. The molecule has 0 bridgehead atoms. The Hall–Kier alpha value is -2.51. The Morgan fingerprint density at radius 2 is 2.24 bits per heavy atom. The number of aryl methyl sites for hydroxylation is 1. The number of amides is 1. The minimum Gasteiger partial charge on any atom is -0.467 e. The molecule has 1 aromatic carbocycles. The molecule has 2 rings (SSSR count). The maximum atomic E-state index is 12.0. The maximum absolute atomic E-state index is 12.0. The van der Waals surface area contributed by atoms with Gasteiger partial charge in [0, 0.05) is 17.5 Å². The van der Waals surface area contributed by atoms with Crippen molar-refractivity contribution in [3.63, 3.8) is 0 Å². The topological polar surface area (TPSA) is 62.5 Å². The van der Waals surface area contributed by atoms with Gasteiger partial charge in [0.1, 0.15) is 5.76 Å². The number of furan rings is 1. The standard InChI is InChI=1S/C17H17NO3/c1-13-11-15(8-7-14(13)5-2-3-9-19)17(20)18-12-16-6-4-10-21-16/h4,6-8,10-11,19H,3,9,12H2,1H3,(H,18,20). The molecular formula is C17H17NO3. The molecule has 1 heterocycles. The Kier molecular flexibility index (Phi) is 5.19. The fraction of sp³-hybridized carbons (Fsp3) is 0.235. The van der Waals surface area contributed by atoms with Gasteiger partial charge in [-0.2, -0.15) is 0 Å². The number of hydrogen-bond acceptors (Lipinski definition) is 3. The van der Waals surface area contributed by atoms with Crippen LogP contribution in [0.5, 0.6) is 0 Å². The van der Waals surface area contributed by atoms with E-state index in [9.17, 15) is 4.79 Å². The van der Waals surface area contributed by atoms with Gasteiger partial charge in [-0.15, -0.1) is 0 Å². The van der Waals surface area contributed by atoms with E-state index in [1.807, 2.05) is 19.1 Å². The zero-order valence-corrected chi connectivity index (χ0v) is 11.8. The first-order valence-corrected chi connectivity index (χ1v) is 6.71. The highest BCUT2D eigenvalue weighted by Gasteiger charge is 2.07. The SMILES string of the molecule is Cc1cc(C(=O)NCc2ccco2)ccc1C#CCCO. The summed E-state index contributed by atoms with van der Waals surface area (Å²) in [7, 11) is 0. The number of rotatable bonds is 4. The average Bonchev–Trinajstić information content (AvgIpc) is 3.00. The first-order chi connectivity index (χ1) is 10.2. The lowest BCUT2D eigenvalue weighted by Gasteiger charge is -2.05. The van der Waals surface area contributed by atoms with Crippen LogP contribution in [0.3, 0.4) is 0 Å². The third-order valence-corrected chi connectivity index (χ3v) is 2.95. The van der Waals surface area contributed by atoms with Crippen LogP contribution in [0, 0.1) is 18.8 Å². The monoisotopic (exact) mass is 283 g/mol. The molecule has 0 saturated heterocycles. The van der Waals surface area contributed by atoms with Crippen molar-refractivity contribution in [2.45, 2.75) is 19.9 Å². The van der Waals surface area contributed by atoms with Crippen LogP contribution in [0.15, 0.2) is 41.0 Å². The molecule has 0 unspecified atom stereocenters. The second kappa shape index (κ2) is 7.32. The summed E-state index contributed by atoms with van der Waals surface area (Å²) < 4.78 is 5.16. The van der Waals surface area contributed by atoms with Gasteiger partial charge in [0.25, 0.3) is 5.91 Å². The van der Waals surface area contributed by atoms with Crippen molar-refractivity contribution in [2.75, 3.05) is 6.61 Å². The third kappa shape index (κ3) is 4.23. The summed E-state index contributed by atoms with van der Waals surface area (Å²) in [4.78, 5) is 12.0. The average molecular weight is 283 g/mol. The Morgan fingerprint density at radius 3 is 2.90 bits per heavy atom. The quantitative estimate of drug-likeness (QED) is 0.846. The highest BCUT2D eigenvalue weighted by Crippen LogP contribution is 2.10. The van der Waals surface area contributed by atoms with Gasteiger partial charge in [-0.3, -0.25) is 4.79 Å². The van der Waals surface area contributed by atoms with Crippen molar-refractivity contribution in [3.05, 3.63) is 59.0 Å². The van der Waals surface area contributed by atoms with Crippen LogP contribution in [0.4, 0.5) is 0 Å². The Labute approximate surface area is 123 Å². The van der Waals surface area contributed by atoms with E-state index in [0.29, 0.717) is 24.3 Å². The summed E-state index contributed by atoms with van der Waals surface area (Å²) in [6.45, 7) is 2.33. The van der Waals surface area contributed by atoms with Crippen molar-refractivity contribution in [3.8, 4) is 11.8 Å². The molecule has 0 aliphatic rings. The summed E-state index contributed by atoms with van der Waals surface area (Å²) in [6.07, 6.45) is 2.02. The molecule has 1 amide bonds. The number of hydrogen-bond donors (Lipinski definition) is 2. The van der Waals surface area contributed by atoms with E-state index in [2.05, 4.69) is 17.2 Å². The molecule has 0 fully saturated rings. The van der Waals surface area contributed by atoms with Gasteiger partial charge in [0.05, 0.1) is 19.4 Å². The molecule has 21 heavy (non-hydrogen) atoms. The number of aliphatic hydroxyl groups is 1. The van der Waals surface area contributed by atoms with Gasteiger partial charge >= 0.3 is 0 Å². The van der Waals surface area contributed by atoms with E-state index in [-0.39, 0.29) is 12.5 Å².